The first-order valence-electron chi connectivity index (χ1n) is 9.57. The molecule has 9 heteroatoms. The first kappa shape index (κ1) is 21.8. The highest BCUT2D eigenvalue weighted by Crippen LogP contribution is 2.35. The van der Waals surface area contributed by atoms with E-state index in [-0.39, 0.29) is 0 Å². The SMILES string of the molecule is Cc1ccc(OCC(=O)N[C@H](CC(N)=O)C(=O)O)c([C@@H]2Cc3ccccc3C(=O)O2)c1. The Balaban J connectivity index is 1.74. The quantitative estimate of drug-likeness (QED) is 0.539. The summed E-state index contributed by atoms with van der Waals surface area (Å²) in [5.41, 5.74) is 7.89. The van der Waals surface area contributed by atoms with E-state index in [4.69, 9.17) is 20.3 Å². The van der Waals surface area contributed by atoms with Crippen LogP contribution in [0, 0.1) is 6.92 Å². The fourth-order valence-electron chi connectivity index (χ4n) is 3.34. The van der Waals surface area contributed by atoms with Gasteiger partial charge in [-0.3, -0.25) is 9.59 Å². The molecule has 1 aliphatic heterocycles. The number of carboxylic acid groups (broad SMARTS) is 1. The van der Waals surface area contributed by atoms with Crippen LogP contribution in [0.2, 0.25) is 0 Å². The summed E-state index contributed by atoms with van der Waals surface area (Å²) in [6.45, 7) is 1.38. The van der Waals surface area contributed by atoms with Crippen LogP contribution in [0.3, 0.4) is 0 Å². The molecule has 0 fully saturated rings. The molecular formula is C22H22N2O7. The molecular weight excluding hydrogens is 404 g/mol. The number of ether oxygens (including phenoxy) is 2. The lowest BCUT2D eigenvalue weighted by Crippen LogP contribution is -2.45. The third kappa shape index (κ3) is 5.39. The number of benzene rings is 2. The molecule has 0 saturated heterocycles. The number of carbonyl (C=O) groups is 4. The Hall–Kier alpha value is -3.88. The third-order valence-corrected chi connectivity index (χ3v) is 4.80. The Kier molecular flexibility index (Phi) is 6.54. The van der Waals surface area contributed by atoms with Crippen molar-refractivity contribution >= 4 is 23.8 Å². The van der Waals surface area contributed by atoms with Gasteiger partial charge in [-0.1, -0.05) is 29.8 Å². The summed E-state index contributed by atoms with van der Waals surface area (Å²) in [6, 6.07) is 11.0. The van der Waals surface area contributed by atoms with E-state index < -0.39 is 48.9 Å². The number of amides is 2. The maximum absolute atomic E-state index is 12.4. The summed E-state index contributed by atoms with van der Waals surface area (Å²) in [7, 11) is 0. The van der Waals surface area contributed by atoms with Gasteiger partial charge in [0.05, 0.1) is 12.0 Å². The molecule has 1 aliphatic rings. The first-order valence-corrected chi connectivity index (χ1v) is 9.57. The molecule has 3 rings (SSSR count). The van der Waals surface area contributed by atoms with Gasteiger partial charge in [-0.2, -0.15) is 0 Å². The first-order chi connectivity index (χ1) is 14.7. The lowest BCUT2D eigenvalue weighted by atomic mass is 9.93. The van der Waals surface area contributed by atoms with Crippen molar-refractivity contribution in [1.82, 2.24) is 5.32 Å². The summed E-state index contributed by atoms with van der Waals surface area (Å²) in [5.74, 6) is -3.07. The number of aryl methyl sites for hydroxylation is 1. The largest absolute Gasteiger partial charge is 0.483 e. The van der Waals surface area contributed by atoms with Crippen molar-refractivity contribution in [3.8, 4) is 5.75 Å². The van der Waals surface area contributed by atoms with Crippen LogP contribution in [0.1, 0.15) is 39.6 Å². The Morgan fingerprint density at radius 2 is 2.00 bits per heavy atom. The molecule has 0 aromatic heterocycles. The highest BCUT2D eigenvalue weighted by atomic mass is 16.5. The molecule has 2 atom stereocenters. The smallest absolute Gasteiger partial charge is 0.339 e. The predicted molar refractivity (Wildman–Crippen MR) is 108 cm³/mol. The molecule has 31 heavy (non-hydrogen) atoms. The van der Waals surface area contributed by atoms with Crippen LogP contribution in [0.25, 0.3) is 0 Å². The average molecular weight is 426 g/mol. The molecule has 9 nitrogen and oxygen atoms in total. The van der Waals surface area contributed by atoms with Crippen LogP contribution < -0.4 is 15.8 Å². The van der Waals surface area contributed by atoms with E-state index in [2.05, 4.69) is 5.32 Å². The van der Waals surface area contributed by atoms with Gasteiger partial charge in [-0.15, -0.1) is 0 Å². The van der Waals surface area contributed by atoms with E-state index >= 15 is 0 Å². The van der Waals surface area contributed by atoms with Crippen molar-refractivity contribution in [3.05, 3.63) is 64.7 Å². The predicted octanol–water partition coefficient (Wildman–Crippen LogP) is 1.27. The Labute approximate surface area is 178 Å². The second kappa shape index (κ2) is 9.29. The Morgan fingerprint density at radius 1 is 1.26 bits per heavy atom. The summed E-state index contributed by atoms with van der Waals surface area (Å²) >= 11 is 0. The number of esters is 1. The molecule has 0 spiro atoms. The molecule has 162 valence electrons. The van der Waals surface area contributed by atoms with Crippen molar-refractivity contribution < 1.29 is 33.8 Å². The maximum Gasteiger partial charge on any atom is 0.339 e. The zero-order valence-corrected chi connectivity index (χ0v) is 16.8. The second-order valence-electron chi connectivity index (χ2n) is 7.21. The minimum absolute atomic E-state index is 0.333. The van der Waals surface area contributed by atoms with Gasteiger partial charge in [0.15, 0.2) is 6.61 Å². The minimum atomic E-state index is -1.44. The van der Waals surface area contributed by atoms with Crippen LogP contribution in [0.4, 0.5) is 0 Å². The topological polar surface area (TPSA) is 145 Å². The van der Waals surface area contributed by atoms with Gasteiger partial charge in [-0.25, -0.2) is 9.59 Å². The number of cyclic esters (lactones) is 1. The Bertz CT molecular complexity index is 1030. The number of carboxylic acids is 1. The van der Waals surface area contributed by atoms with Gasteiger partial charge in [0, 0.05) is 12.0 Å². The monoisotopic (exact) mass is 426 g/mol. The molecule has 0 bridgehead atoms. The lowest BCUT2D eigenvalue weighted by molar-refractivity contribution is -0.143. The molecule has 1 heterocycles. The van der Waals surface area contributed by atoms with E-state index in [1.807, 2.05) is 25.1 Å². The van der Waals surface area contributed by atoms with Crippen molar-refractivity contribution in [1.29, 1.82) is 0 Å². The number of hydrogen-bond donors (Lipinski definition) is 3. The fraction of sp³-hybridized carbons (Fsp3) is 0.273. The molecule has 2 aromatic carbocycles. The van der Waals surface area contributed by atoms with E-state index in [9.17, 15) is 19.2 Å². The zero-order chi connectivity index (χ0) is 22.5. The van der Waals surface area contributed by atoms with E-state index in [0.29, 0.717) is 23.3 Å². The lowest BCUT2D eigenvalue weighted by Gasteiger charge is -2.26. The van der Waals surface area contributed by atoms with E-state index in [0.717, 1.165) is 11.1 Å². The van der Waals surface area contributed by atoms with Gasteiger partial charge in [0.25, 0.3) is 5.91 Å². The minimum Gasteiger partial charge on any atom is -0.483 e. The number of nitrogens with two attached hydrogens (primary N) is 1. The van der Waals surface area contributed by atoms with Gasteiger partial charge < -0.3 is 25.6 Å². The fourth-order valence-corrected chi connectivity index (χ4v) is 3.34. The molecule has 0 aliphatic carbocycles. The molecule has 4 N–H and O–H groups in total. The number of primary amides is 1. The maximum atomic E-state index is 12.4. The average Bonchev–Trinajstić information content (AvgIpc) is 2.72. The summed E-state index contributed by atoms with van der Waals surface area (Å²) < 4.78 is 11.2. The molecule has 0 unspecified atom stereocenters. The molecule has 2 amide bonds. The number of nitrogens with one attached hydrogen (secondary N) is 1. The molecule has 2 aromatic rings. The van der Waals surface area contributed by atoms with Crippen LogP contribution in [-0.2, 0) is 25.5 Å². The van der Waals surface area contributed by atoms with Crippen LogP contribution >= 0.6 is 0 Å². The number of aliphatic carboxylic acids is 1. The zero-order valence-electron chi connectivity index (χ0n) is 16.8. The number of carbonyl (C=O) groups excluding carboxylic acids is 3. The number of rotatable bonds is 8. The number of fused-ring (bicyclic) bond motifs is 1. The highest BCUT2D eigenvalue weighted by molar-refractivity contribution is 5.92. The molecule has 0 radical (unpaired) electrons. The van der Waals surface area contributed by atoms with Gasteiger partial charge in [0.2, 0.25) is 5.91 Å². The molecule has 0 saturated carbocycles. The van der Waals surface area contributed by atoms with Crippen molar-refractivity contribution in [2.24, 2.45) is 5.73 Å². The Morgan fingerprint density at radius 3 is 2.71 bits per heavy atom. The third-order valence-electron chi connectivity index (χ3n) is 4.80. The second-order valence-corrected chi connectivity index (χ2v) is 7.21. The summed E-state index contributed by atoms with van der Waals surface area (Å²) in [6.07, 6.45) is -0.677. The van der Waals surface area contributed by atoms with Crippen molar-refractivity contribution in [3.63, 3.8) is 0 Å². The van der Waals surface area contributed by atoms with Crippen LogP contribution in [0.5, 0.6) is 5.75 Å². The summed E-state index contributed by atoms with van der Waals surface area (Å²) in [4.78, 5) is 46.7. The highest BCUT2D eigenvalue weighted by Gasteiger charge is 2.29. The standard InChI is InChI=1S/C22H22N2O7/c1-12-6-7-17(30-11-20(26)24-16(21(27)28)10-19(23)25)15(8-12)18-9-13-4-2-3-5-14(13)22(29)31-18/h2-8,16,18H,9-11H2,1H3,(H2,23,25)(H,24,26)(H,27,28)/t16-,18+/m1/s1. The van der Waals surface area contributed by atoms with Gasteiger partial charge in [-0.05, 0) is 30.7 Å². The van der Waals surface area contributed by atoms with Crippen LogP contribution in [0.15, 0.2) is 42.5 Å². The number of hydrogen-bond acceptors (Lipinski definition) is 6. The van der Waals surface area contributed by atoms with Crippen molar-refractivity contribution in [2.45, 2.75) is 31.9 Å². The van der Waals surface area contributed by atoms with Gasteiger partial charge >= 0.3 is 11.9 Å². The van der Waals surface area contributed by atoms with Crippen LogP contribution in [-0.4, -0.2) is 41.5 Å². The van der Waals surface area contributed by atoms with Crippen molar-refractivity contribution in [2.75, 3.05) is 6.61 Å². The normalized spacial score (nSPS) is 15.9. The van der Waals surface area contributed by atoms with E-state index in [1.165, 1.54) is 0 Å². The van der Waals surface area contributed by atoms with Gasteiger partial charge in [0.1, 0.15) is 17.9 Å². The summed E-state index contributed by atoms with van der Waals surface area (Å²) in [5, 5.41) is 11.3. The van der Waals surface area contributed by atoms with E-state index in [1.54, 1.807) is 24.3 Å².